The van der Waals surface area contributed by atoms with Crippen molar-refractivity contribution in [2.45, 2.75) is 26.4 Å². The molecule has 0 bridgehead atoms. The van der Waals surface area contributed by atoms with E-state index < -0.39 is 5.60 Å². The van der Waals surface area contributed by atoms with Crippen LogP contribution in [0.3, 0.4) is 0 Å². The Morgan fingerprint density at radius 1 is 1.44 bits per heavy atom. The van der Waals surface area contributed by atoms with E-state index in [-0.39, 0.29) is 5.97 Å². The van der Waals surface area contributed by atoms with Crippen molar-refractivity contribution in [3.63, 3.8) is 0 Å². The molecule has 0 spiro atoms. The van der Waals surface area contributed by atoms with E-state index in [1.165, 1.54) is 0 Å². The van der Waals surface area contributed by atoms with Gasteiger partial charge in [-0.3, -0.25) is 0 Å². The summed E-state index contributed by atoms with van der Waals surface area (Å²) in [5.74, 6) is -0.383. The molecule has 0 saturated carbocycles. The second-order valence-corrected chi connectivity index (χ2v) is 5.13. The molecular weight excluding hydrogens is 232 g/mol. The molecule has 1 aliphatic rings. The number of carbonyl (C=O) groups excluding carboxylic acids is 1. The maximum atomic E-state index is 12.1. The Bertz CT molecular complexity index is 515. The summed E-state index contributed by atoms with van der Waals surface area (Å²) in [6, 6.07) is 5.24. The van der Waals surface area contributed by atoms with E-state index in [0.717, 1.165) is 5.56 Å². The summed E-state index contributed by atoms with van der Waals surface area (Å²) in [7, 11) is 0. The number of ether oxygens (including phenoxy) is 1. The van der Waals surface area contributed by atoms with Crippen molar-refractivity contribution in [2.24, 2.45) is 5.16 Å². The molecule has 0 aliphatic carbocycles. The van der Waals surface area contributed by atoms with Crippen LogP contribution >= 0.6 is 0 Å². The number of hydrogen-bond acceptors (Lipinski definition) is 5. The zero-order valence-electron chi connectivity index (χ0n) is 10.7. The van der Waals surface area contributed by atoms with E-state index in [4.69, 9.17) is 9.94 Å². The molecule has 96 valence electrons. The van der Waals surface area contributed by atoms with E-state index in [9.17, 15) is 4.79 Å². The normalized spacial score (nSPS) is 16.3. The number of nitrogens with one attached hydrogen (secondary N) is 1. The summed E-state index contributed by atoms with van der Waals surface area (Å²) in [6.07, 6.45) is 0. The first-order chi connectivity index (χ1) is 8.42. The number of esters is 1. The maximum absolute atomic E-state index is 12.1. The van der Waals surface area contributed by atoms with Gasteiger partial charge in [0.05, 0.1) is 17.8 Å². The number of nitrogens with zero attached hydrogens (tertiary/aromatic N) is 1. The van der Waals surface area contributed by atoms with Crippen LogP contribution in [0.2, 0.25) is 0 Å². The third-order valence-corrected chi connectivity index (χ3v) is 2.55. The largest absolute Gasteiger partial charge is 0.456 e. The first kappa shape index (κ1) is 12.4. The summed E-state index contributed by atoms with van der Waals surface area (Å²) < 4.78 is 5.34. The Balaban J connectivity index is 2.37. The van der Waals surface area contributed by atoms with Crippen LogP contribution in [-0.2, 0) is 4.74 Å². The van der Waals surface area contributed by atoms with Gasteiger partial charge in [-0.15, -0.1) is 0 Å². The van der Waals surface area contributed by atoms with E-state index in [2.05, 4.69) is 10.5 Å². The van der Waals surface area contributed by atoms with Gasteiger partial charge < -0.3 is 15.3 Å². The molecule has 0 fully saturated rings. The van der Waals surface area contributed by atoms with E-state index in [0.29, 0.717) is 23.5 Å². The predicted octanol–water partition coefficient (Wildman–Crippen LogP) is 2.25. The summed E-state index contributed by atoms with van der Waals surface area (Å²) in [6.45, 7) is 5.87. The molecule has 2 rings (SSSR count). The number of hydrogen-bond donors (Lipinski definition) is 2. The fraction of sp³-hybridized carbons (Fsp3) is 0.385. The number of fused-ring (bicyclic) bond motifs is 1. The van der Waals surface area contributed by atoms with Crippen molar-refractivity contribution in [3.05, 3.63) is 29.3 Å². The van der Waals surface area contributed by atoms with Gasteiger partial charge in [0, 0.05) is 5.56 Å². The number of rotatable bonds is 1. The summed E-state index contributed by atoms with van der Waals surface area (Å²) in [5, 5.41) is 15.1. The predicted molar refractivity (Wildman–Crippen MR) is 68.4 cm³/mol. The molecule has 1 aromatic carbocycles. The Labute approximate surface area is 105 Å². The third-order valence-electron chi connectivity index (χ3n) is 2.55. The zero-order chi connectivity index (χ0) is 13.3. The van der Waals surface area contributed by atoms with Crippen molar-refractivity contribution < 1.29 is 14.7 Å². The number of anilines is 1. The molecule has 0 amide bonds. The quantitative estimate of drug-likeness (QED) is 0.454. The molecule has 0 aromatic heterocycles. The maximum Gasteiger partial charge on any atom is 0.340 e. The third kappa shape index (κ3) is 2.30. The van der Waals surface area contributed by atoms with Crippen molar-refractivity contribution in [2.75, 3.05) is 11.9 Å². The highest BCUT2D eigenvalue weighted by molar-refractivity contribution is 6.15. The lowest BCUT2D eigenvalue weighted by Crippen LogP contribution is -2.24. The molecule has 18 heavy (non-hydrogen) atoms. The molecule has 5 nitrogen and oxygen atoms in total. The van der Waals surface area contributed by atoms with Gasteiger partial charge in [0.25, 0.3) is 0 Å². The molecule has 2 N–H and O–H groups in total. The summed E-state index contributed by atoms with van der Waals surface area (Å²) in [4.78, 5) is 12.1. The van der Waals surface area contributed by atoms with E-state index in [1.807, 2.05) is 20.8 Å². The Morgan fingerprint density at radius 2 is 2.17 bits per heavy atom. The minimum absolute atomic E-state index is 0.383. The minimum Gasteiger partial charge on any atom is -0.456 e. The lowest BCUT2D eigenvalue weighted by atomic mass is 10.1. The second kappa shape index (κ2) is 4.33. The van der Waals surface area contributed by atoms with Gasteiger partial charge in [-0.05, 0) is 26.8 Å². The molecule has 0 unspecified atom stereocenters. The minimum atomic E-state index is -0.535. The highest BCUT2D eigenvalue weighted by Gasteiger charge is 2.26. The fourth-order valence-electron chi connectivity index (χ4n) is 1.84. The smallest absolute Gasteiger partial charge is 0.340 e. The first-order valence-electron chi connectivity index (χ1n) is 5.74. The average Bonchev–Trinajstić information content (AvgIpc) is 2.69. The molecular formula is C13H16N2O3. The van der Waals surface area contributed by atoms with Gasteiger partial charge in [-0.25, -0.2) is 4.79 Å². The standard InChI is InChI=1S/C13H16N2O3/c1-13(2,3)18-12(16)9-6-4-5-8-10(15-17)7-14-11(8)9/h4-6,14,17H,7H2,1-3H3. The second-order valence-electron chi connectivity index (χ2n) is 5.13. The molecule has 5 heteroatoms. The van der Waals surface area contributed by atoms with Gasteiger partial charge in [0.1, 0.15) is 11.3 Å². The topological polar surface area (TPSA) is 70.9 Å². The Kier molecular flexibility index (Phi) is 2.98. The van der Waals surface area contributed by atoms with Crippen LogP contribution in [0.5, 0.6) is 0 Å². The van der Waals surface area contributed by atoms with Crippen molar-refractivity contribution in [3.8, 4) is 0 Å². The molecule has 0 radical (unpaired) electrons. The van der Waals surface area contributed by atoms with Crippen LogP contribution in [0, 0.1) is 0 Å². The molecule has 1 heterocycles. The molecule has 1 aliphatic heterocycles. The van der Waals surface area contributed by atoms with Crippen LogP contribution in [0.15, 0.2) is 23.4 Å². The number of carbonyl (C=O) groups is 1. The van der Waals surface area contributed by atoms with Gasteiger partial charge in [-0.2, -0.15) is 0 Å². The lowest BCUT2D eigenvalue weighted by molar-refractivity contribution is 0.00707. The number of benzene rings is 1. The number of para-hydroxylation sites is 1. The van der Waals surface area contributed by atoms with Crippen LogP contribution in [-0.4, -0.2) is 29.0 Å². The first-order valence-corrected chi connectivity index (χ1v) is 5.74. The van der Waals surface area contributed by atoms with Crippen LogP contribution in [0.4, 0.5) is 5.69 Å². The number of oxime groups is 1. The van der Waals surface area contributed by atoms with E-state index >= 15 is 0 Å². The van der Waals surface area contributed by atoms with Crippen LogP contribution < -0.4 is 5.32 Å². The average molecular weight is 248 g/mol. The Morgan fingerprint density at radius 3 is 2.78 bits per heavy atom. The highest BCUT2D eigenvalue weighted by atomic mass is 16.6. The monoisotopic (exact) mass is 248 g/mol. The van der Waals surface area contributed by atoms with Gasteiger partial charge in [0.15, 0.2) is 0 Å². The van der Waals surface area contributed by atoms with Crippen molar-refractivity contribution in [1.29, 1.82) is 0 Å². The van der Waals surface area contributed by atoms with Crippen molar-refractivity contribution in [1.82, 2.24) is 0 Å². The highest BCUT2D eigenvalue weighted by Crippen LogP contribution is 2.28. The van der Waals surface area contributed by atoms with E-state index in [1.54, 1.807) is 18.2 Å². The summed E-state index contributed by atoms with van der Waals surface area (Å²) in [5.41, 5.74) is 1.85. The van der Waals surface area contributed by atoms with Crippen molar-refractivity contribution >= 4 is 17.4 Å². The van der Waals surface area contributed by atoms with Gasteiger partial charge in [0.2, 0.25) is 0 Å². The fourth-order valence-corrected chi connectivity index (χ4v) is 1.84. The van der Waals surface area contributed by atoms with Crippen LogP contribution in [0.1, 0.15) is 36.7 Å². The van der Waals surface area contributed by atoms with Gasteiger partial charge >= 0.3 is 5.97 Å². The Hall–Kier alpha value is -2.04. The molecule has 0 atom stereocenters. The lowest BCUT2D eigenvalue weighted by Gasteiger charge is -2.20. The summed E-state index contributed by atoms with van der Waals surface area (Å²) >= 11 is 0. The zero-order valence-corrected chi connectivity index (χ0v) is 10.7. The SMILES string of the molecule is CC(C)(C)OC(=O)c1cccc2c1NCC2=NO. The molecule has 1 aromatic rings. The molecule has 0 saturated heterocycles. The van der Waals surface area contributed by atoms with Crippen LogP contribution in [0.25, 0.3) is 0 Å². The van der Waals surface area contributed by atoms with Gasteiger partial charge in [-0.1, -0.05) is 17.3 Å².